The third kappa shape index (κ3) is 3.32. The summed E-state index contributed by atoms with van der Waals surface area (Å²) >= 11 is 0. The molecule has 1 unspecified atom stereocenters. The zero-order chi connectivity index (χ0) is 11.4. The van der Waals surface area contributed by atoms with Crippen molar-refractivity contribution in [3.8, 4) is 5.75 Å². The van der Waals surface area contributed by atoms with Gasteiger partial charge in [0.1, 0.15) is 0 Å². The molecule has 0 amide bonds. The van der Waals surface area contributed by atoms with Crippen LogP contribution >= 0.6 is 8.25 Å². The van der Waals surface area contributed by atoms with Crippen LogP contribution in [0.1, 0.15) is 5.56 Å². The summed E-state index contributed by atoms with van der Waals surface area (Å²) in [5, 5.41) is 19.5. The van der Waals surface area contributed by atoms with Crippen LogP contribution in [0.2, 0.25) is 0 Å². The summed E-state index contributed by atoms with van der Waals surface area (Å²) in [4.78, 5) is 18.1. The van der Waals surface area contributed by atoms with E-state index >= 15 is 0 Å². The summed E-state index contributed by atoms with van der Waals surface area (Å²) in [6.45, 7) is -0.213. The van der Waals surface area contributed by atoms with Gasteiger partial charge in [-0.2, -0.15) is 0 Å². The van der Waals surface area contributed by atoms with Crippen molar-refractivity contribution in [2.24, 2.45) is 0 Å². The van der Waals surface area contributed by atoms with Gasteiger partial charge in [0.05, 0.1) is 11.5 Å². The number of benzene rings is 1. The van der Waals surface area contributed by atoms with Gasteiger partial charge in [0.15, 0.2) is 5.75 Å². The number of phenolic OH excluding ortho intramolecular Hbond substituents is 1. The first-order chi connectivity index (χ1) is 7.00. The quantitative estimate of drug-likeness (QED) is 0.459. The van der Waals surface area contributed by atoms with Gasteiger partial charge < -0.3 is 14.5 Å². The normalized spacial score (nSPS) is 12.3. The van der Waals surface area contributed by atoms with Crippen LogP contribution in [0.15, 0.2) is 18.2 Å². The van der Waals surface area contributed by atoms with E-state index in [1.54, 1.807) is 0 Å². The van der Waals surface area contributed by atoms with Crippen LogP contribution in [-0.4, -0.2) is 14.9 Å². The average Bonchev–Trinajstić information content (AvgIpc) is 2.16. The van der Waals surface area contributed by atoms with Gasteiger partial charge in [0.25, 0.3) is 0 Å². The second-order valence-corrected chi connectivity index (χ2v) is 3.46. The molecule has 82 valence electrons. The van der Waals surface area contributed by atoms with Crippen molar-refractivity contribution in [2.75, 3.05) is 0 Å². The maximum atomic E-state index is 10.4. The lowest BCUT2D eigenvalue weighted by atomic mass is 10.2. The van der Waals surface area contributed by atoms with Crippen LogP contribution in [0, 0.1) is 10.1 Å². The molecule has 2 N–H and O–H groups in total. The Labute approximate surface area is 85.0 Å². The molecule has 8 heteroatoms. The molecule has 0 saturated heterocycles. The van der Waals surface area contributed by atoms with Crippen molar-refractivity contribution in [1.29, 1.82) is 0 Å². The second kappa shape index (κ2) is 4.88. The van der Waals surface area contributed by atoms with Gasteiger partial charge >= 0.3 is 13.9 Å². The van der Waals surface area contributed by atoms with Gasteiger partial charge in [-0.25, -0.2) is 0 Å². The predicted molar refractivity (Wildman–Crippen MR) is 50.8 cm³/mol. The Bertz CT molecular complexity index is 406. The first-order valence-corrected chi connectivity index (χ1v) is 5.09. The average molecular weight is 233 g/mol. The lowest BCUT2D eigenvalue weighted by Crippen LogP contribution is -1.92. The van der Waals surface area contributed by atoms with Gasteiger partial charge in [0.2, 0.25) is 0 Å². The molecule has 0 aliphatic rings. The molecule has 0 bridgehead atoms. The number of nitrogens with zero attached hydrogens (tertiary/aromatic N) is 1. The van der Waals surface area contributed by atoms with E-state index in [2.05, 4.69) is 4.52 Å². The molecule has 0 aliphatic carbocycles. The number of nitro groups is 1. The van der Waals surface area contributed by atoms with Crippen molar-refractivity contribution < 1.29 is 24.0 Å². The third-order valence-electron chi connectivity index (χ3n) is 1.60. The van der Waals surface area contributed by atoms with Gasteiger partial charge in [-0.15, -0.1) is 0 Å². The molecular formula is C7H8NO6P. The molecule has 15 heavy (non-hydrogen) atoms. The van der Waals surface area contributed by atoms with E-state index in [0.29, 0.717) is 5.56 Å². The Hall–Kier alpha value is -1.43. The molecule has 7 nitrogen and oxygen atoms in total. The standard InChI is InChI=1S/C7H8NO6P/c9-7-2-1-5(4-14-15(12)13)3-6(7)8(10)11/h1-3,9,15H,4H2,(H,12,13). The molecule has 0 spiro atoms. The predicted octanol–water partition coefficient (Wildman–Crippen LogP) is 1.20. The van der Waals surface area contributed by atoms with E-state index in [9.17, 15) is 14.7 Å². The molecule has 0 fully saturated rings. The number of hydrogen-bond acceptors (Lipinski definition) is 5. The summed E-state index contributed by atoms with van der Waals surface area (Å²) < 4.78 is 14.6. The van der Waals surface area contributed by atoms with Crippen LogP contribution < -0.4 is 0 Å². The van der Waals surface area contributed by atoms with E-state index in [4.69, 9.17) is 10.00 Å². The van der Waals surface area contributed by atoms with Crippen molar-refractivity contribution in [3.05, 3.63) is 33.9 Å². The van der Waals surface area contributed by atoms with Gasteiger partial charge in [-0.1, -0.05) is 6.07 Å². The van der Waals surface area contributed by atoms with E-state index in [-0.39, 0.29) is 6.61 Å². The van der Waals surface area contributed by atoms with Crippen molar-refractivity contribution in [2.45, 2.75) is 6.61 Å². The number of hydrogen-bond donors (Lipinski definition) is 2. The van der Waals surface area contributed by atoms with Crippen molar-refractivity contribution >= 4 is 13.9 Å². The smallest absolute Gasteiger partial charge is 0.316 e. The molecule has 0 radical (unpaired) electrons. The van der Waals surface area contributed by atoms with Gasteiger partial charge in [0, 0.05) is 6.07 Å². The Morgan fingerprint density at radius 3 is 2.73 bits per heavy atom. The summed E-state index contributed by atoms with van der Waals surface area (Å²) in [6, 6.07) is 3.58. The Kier molecular flexibility index (Phi) is 3.79. The summed E-state index contributed by atoms with van der Waals surface area (Å²) in [5.74, 6) is -0.458. The molecule has 0 saturated carbocycles. The topological polar surface area (TPSA) is 110 Å². The fraction of sp³-hybridized carbons (Fsp3) is 0.143. The first kappa shape index (κ1) is 11.6. The monoisotopic (exact) mass is 233 g/mol. The largest absolute Gasteiger partial charge is 0.502 e. The van der Waals surface area contributed by atoms with Crippen LogP contribution in [0.3, 0.4) is 0 Å². The minimum absolute atomic E-state index is 0.213. The third-order valence-corrected chi connectivity index (χ3v) is 1.99. The molecule has 0 aliphatic heterocycles. The Morgan fingerprint density at radius 1 is 1.53 bits per heavy atom. The highest BCUT2D eigenvalue weighted by Gasteiger charge is 2.13. The van der Waals surface area contributed by atoms with Gasteiger partial charge in [-0.3, -0.25) is 14.7 Å². The van der Waals surface area contributed by atoms with E-state index in [1.165, 1.54) is 6.07 Å². The molecule has 0 aromatic heterocycles. The van der Waals surface area contributed by atoms with Crippen molar-refractivity contribution in [3.63, 3.8) is 0 Å². The van der Waals surface area contributed by atoms with E-state index in [1.807, 2.05) is 0 Å². The minimum Gasteiger partial charge on any atom is -0.502 e. The second-order valence-electron chi connectivity index (χ2n) is 2.63. The lowest BCUT2D eigenvalue weighted by Gasteiger charge is -2.01. The van der Waals surface area contributed by atoms with Gasteiger partial charge in [-0.05, 0) is 11.6 Å². The fourth-order valence-corrected chi connectivity index (χ4v) is 1.24. The molecule has 0 heterocycles. The summed E-state index contributed by atoms with van der Waals surface area (Å²) in [5.41, 5.74) is -0.124. The maximum Gasteiger partial charge on any atom is 0.316 e. The fourth-order valence-electron chi connectivity index (χ4n) is 0.950. The summed E-state index contributed by atoms with van der Waals surface area (Å²) in [6.07, 6.45) is 0. The van der Waals surface area contributed by atoms with E-state index < -0.39 is 24.6 Å². The highest BCUT2D eigenvalue weighted by molar-refractivity contribution is 7.32. The highest BCUT2D eigenvalue weighted by Crippen LogP contribution is 2.27. The van der Waals surface area contributed by atoms with Crippen molar-refractivity contribution in [1.82, 2.24) is 0 Å². The number of rotatable bonds is 4. The number of phenols is 1. The minimum atomic E-state index is -3.06. The van der Waals surface area contributed by atoms with Crippen LogP contribution in [0.5, 0.6) is 5.75 Å². The Morgan fingerprint density at radius 2 is 2.20 bits per heavy atom. The lowest BCUT2D eigenvalue weighted by molar-refractivity contribution is -0.385. The van der Waals surface area contributed by atoms with Crippen LogP contribution in [0.25, 0.3) is 0 Å². The summed E-state index contributed by atoms with van der Waals surface area (Å²) in [7, 11) is -3.06. The molecule has 1 aromatic carbocycles. The molecular weight excluding hydrogens is 225 g/mol. The zero-order valence-electron chi connectivity index (χ0n) is 7.41. The maximum absolute atomic E-state index is 10.4. The molecule has 1 aromatic rings. The molecule has 1 rings (SSSR count). The van der Waals surface area contributed by atoms with Crippen LogP contribution in [-0.2, 0) is 15.7 Å². The highest BCUT2D eigenvalue weighted by atomic mass is 31.1. The zero-order valence-corrected chi connectivity index (χ0v) is 8.41. The van der Waals surface area contributed by atoms with Crippen LogP contribution in [0.4, 0.5) is 5.69 Å². The Balaban J connectivity index is 2.87. The van der Waals surface area contributed by atoms with E-state index in [0.717, 1.165) is 12.1 Å². The first-order valence-electron chi connectivity index (χ1n) is 3.82. The number of nitro benzene ring substituents is 1. The SMILES string of the molecule is O=[N+]([O-])c1cc(CO[PH](=O)O)ccc1O. The molecule has 1 atom stereocenters. The number of aromatic hydroxyl groups is 1.